The average molecular weight is 935 g/mol. The van der Waals surface area contributed by atoms with Crippen LogP contribution >= 0.6 is 0 Å². The number of aliphatic carboxylic acids is 1. The van der Waals surface area contributed by atoms with Crippen LogP contribution in [0.4, 0.5) is 0 Å². The number of carboxylic acids is 1. The third kappa shape index (κ3) is 24.7. The SMILES string of the molecule is O=C(O)CCCCCCCCCCCCCCCOc1ccc(S(=O)(=O)Cc2ccc(C(=O)NCCOCCOCC(=O)NCCOCCOCC(=O)ON3C(=O)CCC3=O)cn2)cc1. The second-order valence-electron chi connectivity index (χ2n) is 15.3. The number of nitrogens with zero attached hydrogens (tertiary/aromatic N) is 2. The molecule has 1 aliphatic heterocycles. The van der Waals surface area contributed by atoms with Gasteiger partial charge in [0.15, 0.2) is 9.84 Å². The number of ether oxygens (including phenoxy) is 5. The summed E-state index contributed by atoms with van der Waals surface area (Å²) < 4.78 is 53.0. The number of nitrogens with one attached hydrogen (secondary N) is 2. The second kappa shape index (κ2) is 32.6. The van der Waals surface area contributed by atoms with Crippen LogP contribution in [0.15, 0.2) is 47.5 Å². The van der Waals surface area contributed by atoms with Gasteiger partial charge in [-0.25, -0.2) is 13.2 Å². The van der Waals surface area contributed by atoms with Gasteiger partial charge in [-0.3, -0.25) is 29.0 Å². The summed E-state index contributed by atoms with van der Waals surface area (Å²) in [6.07, 6.45) is 16.3. The third-order valence-corrected chi connectivity index (χ3v) is 11.6. The first-order valence-electron chi connectivity index (χ1n) is 22.5. The molecule has 1 fully saturated rings. The Morgan fingerprint density at radius 1 is 0.631 bits per heavy atom. The summed E-state index contributed by atoms with van der Waals surface area (Å²) in [5.41, 5.74) is 0.564. The highest BCUT2D eigenvalue weighted by Gasteiger charge is 2.32. The van der Waals surface area contributed by atoms with Gasteiger partial charge in [0.25, 0.3) is 17.7 Å². The molecule has 2 aromatic rings. The van der Waals surface area contributed by atoms with Crippen LogP contribution in [0.3, 0.4) is 0 Å². The van der Waals surface area contributed by atoms with Gasteiger partial charge in [-0.1, -0.05) is 70.6 Å². The highest BCUT2D eigenvalue weighted by Crippen LogP contribution is 2.21. The van der Waals surface area contributed by atoms with Gasteiger partial charge < -0.3 is 44.3 Å². The number of benzene rings is 1. The molecular formula is C45H66N4O15S. The molecule has 65 heavy (non-hydrogen) atoms. The molecule has 0 aliphatic carbocycles. The molecule has 2 heterocycles. The largest absolute Gasteiger partial charge is 0.494 e. The Morgan fingerprint density at radius 2 is 1.17 bits per heavy atom. The van der Waals surface area contributed by atoms with Gasteiger partial charge >= 0.3 is 11.9 Å². The summed E-state index contributed by atoms with van der Waals surface area (Å²) in [5.74, 6) is -3.20. The molecule has 3 N–H and O–H groups in total. The van der Waals surface area contributed by atoms with E-state index in [0.717, 1.165) is 38.5 Å². The van der Waals surface area contributed by atoms with Crippen molar-refractivity contribution in [1.29, 1.82) is 0 Å². The first-order chi connectivity index (χ1) is 31.4. The van der Waals surface area contributed by atoms with Crippen molar-refractivity contribution in [3.8, 4) is 5.75 Å². The van der Waals surface area contributed by atoms with E-state index in [-0.39, 0.29) is 101 Å². The molecule has 1 aromatic carbocycles. The summed E-state index contributed by atoms with van der Waals surface area (Å²) in [6, 6.07) is 9.38. The summed E-state index contributed by atoms with van der Waals surface area (Å²) in [4.78, 5) is 78.5. The fourth-order valence-electron chi connectivity index (χ4n) is 6.38. The van der Waals surface area contributed by atoms with Crippen LogP contribution in [0.1, 0.15) is 119 Å². The summed E-state index contributed by atoms with van der Waals surface area (Å²) in [7, 11) is -3.68. The Hall–Kier alpha value is -5.02. The molecule has 0 saturated carbocycles. The lowest BCUT2D eigenvalue weighted by Gasteiger charge is -2.12. The molecule has 1 saturated heterocycles. The van der Waals surface area contributed by atoms with E-state index in [1.54, 1.807) is 12.1 Å². The predicted octanol–water partition coefficient (Wildman–Crippen LogP) is 4.50. The van der Waals surface area contributed by atoms with Crippen LogP contribution in [0.25, 0.3) is 0 Å². The molecule has 0 radical (unpaired) electrons. The third-order valence-electron chi connectivity index (χ3n) is 9.91. The quantitative estimate of drug-likeness (QED) is 0.0619. The zero-order chi connectivity index (χ0) is 47.0. The molecule has 1 aliphatic rings. The molecule has 1 aromatic heterocycles. The number of carbonyl (C=O) groups excluding carboxylic acids is 5. The van der Waals surface area contributed by atoms with E-state index in [0.29, 0.717) is 23.1 Å². The number of imide groups is 1. The number of amides is 4. The summed E-state index contributed by atoms with van der Waals surface area (Å²) in [5, 5.41) is 14.4. The van der Waals surface area contributed by atoms with Crippen LogP contribution < -0.4 is 15.4 Å². The van der Waals surface area contributed by atoms with E-state index in [1.807, 2.05) is 0 Å². The number of carbonyl (C=O) groups is 6. The second-order valence-corrected chi connectivity index (χ2v) is 17.3. The fraction of sp³-hybridized carbons (Fsp3) is 0.622. The van der Waals surface area contributed by atoms with Crippen molar-refractivity contribution in [3.05, 3.63) is 53.9 Å². The number of rotatable bonds is 38. The van der Waals surface area contributed by atoms with Crippen LogP contribution in [0.2, 0.25) is 0 Å². The van der Waals surface area contributed by atoms with Gasteiger partial charge in [0.2, 0.25) is 5.91 Å². The maximum absolute atomic E-state index is 13.1. The molecule has 0 bridgehead atoms. The number of sulfone groups is 1. The monoisotopic (exact) mass is 934 g/mol. The van der Waals surface area contributed by atoms with Crippen molar-refractivity contribution >= 4 is 45.4 Å². The van der Waals surface area contributed by atoms with Crippen molar-refractivity contribution in [2.45, 2.75) is 113 Å². The van der Waals surface area contributed by atoms with Crippen LogP contribution in [0, 0.1) is 0 Å². The van der Waals surface area contributed by atoms with Crippen LogP contribution in [0.5, 0.6) is 5.75 Å². The van der Waals surface area contributed by atoms with Crippen molar-refractivity contribution in [1.82, 2.24) is 20.7 Å². The van der Waals surface area contributed by atoms with Crippen molar-refractivity contribution < 1.29 is 70.8 Å². The van der Waals surface area contributed by atoms with Crippen molar-refractivity contribution in [2.24, 2.45) is 0 Å². The van der Waals surface area contributed by atoms with E-state index in [1.165, 1.54) is 75.4 Å². The zero-order valence-corrected chi connectivity index (χ0v) is 38.1. The maximum Gasteiger partial charge on any atom is 0.358 e. The van der Waals surface area contributed by atoms with E-state index < -0.39 is 46.1 Å². The van der Waals surface area contributed by atoms with Crippen LogP contribution in [-0.2, 0) is 63.3 Å². The highest BCUT2D eigenvalue weighted by atomic mass is 32.2. The van der Waals surface area contributed by atoms with Gasteiger partial charge in [-0.05, 0) is 49.2 Å². The summed E-state index contributed by atoms with van der Waals surface area (Å²) in [6.45, 7) is 1.25. The number of unbranched alkanes of at least 4 members (excludes halogenated alkanes) is 12. The molecule has 19 nitrogen and oxygen atoms in total. The van der Waals surface area contributed by atoms with Gasteiger partial charge in [0.1, 0.15) is 19.0 Å². The normalized spacial score (nSPS) is 12.6. The maximum atomic E-state index is 13.1. The van der Waals surface area contributed by atoms with E-state index >= 15 is 0 Å². The molecule has 20 heteroatoms. The number of hydrogen-bond donors (Lipinski definition) is 3. The molecule has 0 unspecified atom stereocenters. The average Bonchev–Trinajstić information content (AvgIpc) is 3.60. The van der Waals surface area contributed by atoms with Gasteiger partial charge in [-0.15, -0.1) is 5.06 Å². The molecule has 4 amide bonds. The first-order valence-corrected chi connectivity index (χ1v) is 24.1. The minimum absolute atomic E-state index is 0.00304. The Labute approximate surface area is 381 Å². The topological polar surface area (TPSA) is 252 Å². The van der Waals surface area contributed by atoms with E-state index in [2.05, 4.69) is 20.5 Å². The number of hydroxylamine groups is 2. The molecule has 3 rings (SSSR count). The zero-order valence-electron chi connectivity index (χ0n) is 37.3. The van der Waals surface area contributed by atoms with E-state index in [9.17, 15) is 37.2 Å². The van der Waals surface area contributed by atoms with Crippen molar-refractivity contribution in [3.63, 3.8) is 0 Å². The Kier molecular flexibility index (Phi) is 27.2. The van der Waals surface area contributed by atoms with Gasteiger partial charge in [-0.2, -0.15) is 0 Å². The number of pyridine rings is 1. The first kappa shape index (κ1) is 54.3. The number of carboxylic acid groups (broad SMARTS) is 1. The lowest BCUT2D eigenvalue weighted by molar-refractivity contribution is -0.200. The lowest BCUT2D eigenvalue weighted by Crippen LogP contribution is -2.33. The van der Waals surface area contributed by atoms with E-state index in [4.69, 9.17) is 28.8 Å². The smallest absolute Gasteiger partial charge is 0.358 e. The summed E-state index contributed by atoms with van der Waals surface area (Å²) >= 11 is 0. The molecule has 362 valence electrons. The van der Waals surface area contributed by atoms with Gasteiger partial charge in [0.05, 0.1) is 68.2 Å². The van der Waals surface area contributed by atoms with Gasteiger partial charge in [0, 0.05) is 38.5 Å². The van der Waals surface area contributed by atoms with Crippen LogP contribution in [-0.4, -0.2) is 132 Å². The number of hydrogen-bond acceptors (Lipinski definition) is 15. The lowest BCUT2D eigenvalue weighted by atomic mass is 10.0. The molecule has 0 atom stereocenters. The molecular weight excluding hydrogens is 869 g/mol. The Balaban J connectivity index is 1.13. The predicted molar refractivity (Wildman–Crippen MR) is 235 cm³/mol. The van der Waals surface area contributed by atoms with Crippen molar-refractivity contribution in [2.75, 3.05) is 72.6 Å². The molecule has 0 spiro atoms. The fourth-order valence-corrected chi connectivity index (χ4v) is 7.65. The highest BCUT2D eigenvalue weighted by molar-refractivity contribution is 7.90. The minimum atomic E-state index is -3.68. The Morgan fingerprint density at radius 3 is 1.74 bits per heavy atom. The number of aromatic nitrogens is 1. The minimum Gasteiger partial charge on any atom is -0.494 e. The standard InChI is InChI=1S/C45H66N4O15S/c50-40(46-23-26-59-29-31-62-34-44(55)64-49-41(51)21-22-42(49)52)33-61-30-28-60-27-24-47-45(56)36-15-16-37(48-32-36)35-65(57,58)39-19-17-38(18-20-39)63-25-13-11-9-7-5-3-1-2-4-6-8-10-12-14-43(53)54/h15-20,32H,1-14,21-31,33-35H2,(H,46,50)(H,47,56)(H,53,54). The Bertz CT molecular complexity index is 1830.